The summed E-state index contributed by atoms with van der Waals surface area (Å²) in [5.41, 5.74) is 6.26. The molecule has 1 aromatic rings. The van der Waals surface area contributed by atoms with Gasteiger partial charge in [-0.05, 0) is 45.2 Å². The van der Waals surface area contributed by atoms with Gasteiger partial charge >= 0.3 is 0 Å². The van der Waals surface area contributed by atoms with Gasteiger partial charge in [0.15, 0.2) is 0 Å². The molecule has 2 heterocycles. The van der Waals surface area contributed by atoms with Crippen LogP contribution in [-0.2, 0) is 0 Å². The monoisotopic (exact) mass is 286 g/mol. The van der Waals surface area contributed by atoms with E-state index in [0.717, 1.165) is 4.34 Å². The zero-order valence-electron chi connectivity index (χ0n) is 11.4. The van der Waals surface area contributed by atoms with Crippen molar-refractivity contribution in [3.8, 4) is 0 Å². The summed E-state index contributed by atoms with van der Waals surface area (Å²) in [5.74, 6) is 0. The van der Waals surface area contributed by atoms with Crippen molar-refractivity contribution >= 4 is 22.9 Å². The minimum atomic E-state index is 0.134. The third-order valence-electron chi connectivity index (χ3n) is 4.02. The molecule has 102 valence electrons. The molecule has 0 bridgehead atoms. The van der Waals surface area contributed by atoms with Crippen LogP contribution in [0.2, 0.25) is 4.34 Å². The Kier molecular flexibility index (Phi) is 4.70. The van der Waals surface area contributed by atoms with Crippen LogP contribution in [0, 0.1) is 0 Å². The second kappa shape index (κ2) is 5.91. The maximum absolute atomic E-state index is 6.26. The Morgan fingerprint density at radius 1 is 1.50 bits per heavy atom. The summed E-state index contributed by atoms with van der Waals surface area (Å²) in [6.45, 7) is 6.70. The van der Waals surface area contributed by atoms with Crippen LogP contribution in [0.5, 0.6) is 0 Å². The smallest absolute Gasteiger partial charge is 0.0931 e. The van der Waals surface area contributed by atoms with Crippen LogP contribution in [0.1, 0.15) is 51.0 Å². The van der Waals surface area contributed by atoms with Crippen molar-refractivity contribution in [2.75, 3.05) is 0 Å². The van der Waals surface area contributed by atoms with Crippen molar-refractivity contribution in [1.82, 2.24) is 4.90 Å². The topological polar surface area (TPSA) is 29.3 Å². The molecule has 1 saturated heterocycles. The molecule has 2 N–H and O–H groups in total. The predicted octanol–water partition coefficient (Wildman–Crippen LogP) is 4.05. The molecule has 1 aliphatic rings. The Morgan fingerprint density at radius 3 is 2.72 bits per heavy atom. The second-order valence-corrected chi connectivity index (χ2v) is 7.13. The summed E-state index contributed by atoms with van der Waals surface area (Å²) in [5, 5.41) is 0. The van der Waals surface area contributed by atoms with Gasteiger partial charge in [0.1, 0.15) is 0 Å². The Labute approximate surface area is 119 Å². The zero-order chi connectivity index (χ0) is 13.3. The number of halogens is 1. The molecule has 2 rings (SSSR count). The molecule has 0 aliphatic carbocycles. The minimum absolute atomic E-state index is 0.134. The summed E-state index contributed by atoms with van der Waals surface area (Å²) in [4.78, 5) is 3.93. The van der Waals surface area contributed by atoms with Crippen LogP contribution in [0.4, 0.5) is 0 Å². The van der Waals surface area contributed by atoms with E-state index < -0.39 is 0 Å². The van der Waals surface area contributed by atoms with Crippen molar-refractivity contribution in [1.29, 1.82) is 0 Å². The Balaban J connectivity index is 2.29. The van der Waals surface area contributed by atoms with Gasteiger partial charge in [-0.2, -0.15) is 0 Å². The average molecular weight is 287 g/mol. The van der Waals surface area contributed by atoms with Gasteiger partial charge in [-0.25, -0.2) is 0 Å². The quantitative estimate of drug-likeness (QED) is 0.905. The van der Waals surface area contributed by atoms with Crippen LogP contribution in [0.3, 0.4) is 0 Å². The van der Waals surface area contributed by atoms with Crippen LogP contribution in [0.25, 0.3) is 0 Å². The van der Waals surface area contributed by atoms with Crippen LogP contribution in [0.15, 0.2) is 12.1 Å². The van der Waals surface area contributed by atoms with Gasteiger partial charge in [-0.15, -0.1) is 11.3 Å². The highest BCUT2D eigenvalue weighted by molar-refractivity contribution is 7.16. The SMILES string of the molecule is CCC1CCC(C)N1C(c1ccc(Cl)s1)C(C)N. The molecule has 0 saturated carbocycles. The van der Waals surface area contributed by atoms with E-state index in [1.165, 1.54) is 24.1 Å². The fourth-order valence-electron chi connectivity index (χ4n) is 3.17. The highest BCUT2D eigenvalue weighted by Gasteiger charge is 2.37. The average Bonchev–Trinajstić information content (AvgIpc) is 2.87. The Bertz CT molecular complexity index is 391. The molecule has 2 nitrogen and oxygen atoms in total. The number of nitrogens with two attached hydrogens (primary N) is 1. The fourth-order valence-corrected chi connectivity index (χ4v) is 4.46. The fraction of sp³-hybridized carbons (Fsp3) is 0.714. The largest absolute Gasteiger partial charge is 0.326 e. The van der Waals surface area contributed by atoms with Crippen molar-refractivity contribution in [2.45, 2.75) is 64.2 Å². The molecule has 0 spiro atoms. The van der Waals surface area contributed by atoms with Crippen LogP contribution in [-0.4, -0.2) is 23.0 Å². The Hall–Kier alpha value is -0.0900. The highest BCUT2D eigenvalue weighted by Crippen LogP contribution is 2.39. The third-order valence-corrected chi connectivity index (χ3v) is 5.33. The molecule has 1 fully saturated rings. The van der Waals surface area contributed by atoms with E-state index in [0.29, 0.717) is 18.1 Å². The van der Waals surface area contributed by atoms with Gasteiger partial charge in [0, 0.05) is 23.0 Å². The van der Waals surface area contributed by atoms with Crippen molar-refractivity contribution < 1.29 is 0 Å². The first-order valence-corrected chi connectivity index (χ1v) is 8.02. The molecular formula is C14H23ClN2S. The van der Waals surface area contributed by atoms with E-state index in [1.807, 2.05) is 6.07 Å². The Morgan fingerprint density at radius 2 is 2.22 bits per heavy atom. The van der Waals surface area contributed by atoms with Crippen LogP contribution < -0.4 is 5.73 Å². The molecule has 1 aliphatic heterocycles. The van der Waals surface area contributed by atoms with Gasteiger partial charge in [0.25, 0.3) is 0 Å². The number of hydrogen-bond donors (Lipinski definition) is 1. The summed E-state index contributed by atoms with van der Waals surface area (Å²) in [7, 11) is 0. The summed E-state index contributed by atoms with van der Waals surface area (Å²) in [6.07, 6.45) is 3.77. The number of hydrogen-bond acceptors (Lipinski definition) is 3. The van der Waals surface area contributed by atoms with E-state index in [2.05, 4.69) is 31.7 Å². The summed E-state index contributed by atoms with van der Waals surface area (Å²) < 4.78 is 0.857. The van der Waals surface area contributed by atoms with Crippen molar-refractivity contribution in [3.05, 3.63) is 21.3 Å². The van der Waals surface area contributed by atoms with Gasteiger partial charge < -0.3 is 5.73 Å². The van der Waals surface area contributed by atoms with E-state index in [4.69, 9.17) is 17.3 Å². The van der Waals surface area contributed by atoms with E-state index >= 15 is 0 Å². The van der Waals surface area contributed by atoms with Gasteiger partial charge in [-0.3, -0.25) is 4.90 Å². The maximum atomic E-state index is 6.26. The first-order valence-electron chi connectivity index (χ1n) is 6.82. The molecule has 4 heteroatoms. The number of nitrogens with zero attached hydrogens (tertiary/aromatic N) is 1. The summed E-state index contributed by atoms with van der Waals surface area (Å²) in [6, 6.07) is 5.85. The van der Waals surface area contributed by atoms with E-state index in [1.54, 1.807) is 11.3 Å². The first kappa shape index (κ1) is 14.3. The molecule has 4 atom stereocenters. The van der Waals surface area contributed by atoms with Crippen molar-refractivity contribution in [3.63, 3.8) is 0 Å². The van der Waals surface area contributed by atoms with E-state index in [-0.39, 0.29) is 6.04 Å². The maximum Gasteiger partial charge on any atom is 0.0931 e. The lowest BCUT2D eigenvalue weighted by Gasteiger charge is -2.37. The predicted molar refractivity (Wildman–Crippen MR) is 80.3 cm³/mol. The highest BCUT2D eigenvalue weighted by atomic mass is 35.5. The molecule has 18 heavy (non-hydrogen) atoms. The second-order valence-electron chi connectivity index (χ2n) is 5.38. The molecule has 0 aromatic carbocycles. The lowest BCUT2D eigenvalue weighted by Crippen LogP contribution is -2.44. The molecule has 0 radical (unpaired) electrons. The zero-order valence-corrected chi connectivity index (χ0v) is 13.0. The third kappa shape index (κ3) is 2.74. The van der Waals surface area contributed by atoms with Gasteiger partial charge in [0.05, 0.1) is 10.4 Å². The van der Waals surface area contributed by atoms with Crippen molar-refractivity contribution in [2.24, 2.45) is 5.73 Å². The normalized spacial score (nSPS) is 28.5. The standard InChI is InChI=1S/C14H23ClN2S/c1-4-11-6-5-9(2)17(11)14(10(3)16)12-7-8-13(15)18-12/h7-11,14H,4-6,16H2,1-3H3. The lowest BCUT2D eigenvalue weighted by atomic mass is 10.0. The molecule has 4 unspecified atom stereocenters. The number of thiophene rings is 1. The van der Waals surface area contributed by atoms with E-state index in [9.17, 15) is 0 Å². The first-order chi connectivity index (χ1) is 8.54. The van der Waals surface area contributed by atoms with Crippen LogP contribution >= 0.6 is 22.9 Å². The molecule has 0 amide bonds. The number of rotatable bonds is 4. The van der Waals surface area contributed by atoms with Gasteiger partial charge in [0.2, 0.25) is 0 Å². The number of likely N-dealkylation sites (tertiary alicyclic amines) is 1. The summed E-state index contributed by atoms with van der Waals surface area (Å²) >= 11 is 7.75. The molecule has 1 aromatic heterocycles. The minimum Gasteiger partial charge on any atom is -0.326 e. The lowest BCUT2D eigenvalue weighted by molar-refractivity contribution is 0.119. The van der Waals surface area contributed by atoms with Gasteiger partial charge in [-0.1, -0.05) is 18.5 Å². The molecular weight excluding hydrogens is 264 g/mol.